The number of nitrogens with one attached hydrogen (secondary N) is 1. The zero-order chi connectivity index (χ0) is 13.8. The summed E-state index contributed by atoms with van der Waals surface area (Å²) >= 11 is 0. The Morgan fingerprint density at radius 2 is 1.90 bits per heavy atom. The Hall–Kier alpha value is -0.900. The van der Waals surface area contributed by atoms with Gasteiger partial charge in [0.25, 0.3) is 0 Å². The zero-order valence-electron chi connectivity index (χ0n) is 12.5. The maximum absolute atomic E-state index is 5.17. The topological polar surface area (TPSA) is 24.5 Å². The monoisotopic (exact) mass is 274 g/mol. The number of hydrogen-bond donors (Lipinski definition) is 1. The lowest BCUT2D eigenvalue weighted by Crippen LogP contribution is -2.38. The van der Waals surface area contributed by atoms with Crippen molar-refractivity contribution < 1.29 is 4.74 Å². The van der Waals surface area contributed by atoms with E-state index < -0.39 is 0 Å². The van der Waals surface area contributed by atoms with E-state index in [4.69, 9.17) is 4.74 Å². The highest BCUT2D eigenvalue weighted by molar-refractivity contribution is 5.22. The molecule has 0 amide bonds. The molecule has 1 atom stereocenters. The van der Waals surface area contributed by atoms with Gasteiger partial charge >= 0.3 is 0 Å². The number of hydrogen-bond acceptors (Lipinski definition) is 3. The summed E-state index contributed by atoms with van der Waals surface area (Å²) in [7, 11) is 1.75. The fraction of sp³-hybridized carbons (Fsp3) is 0.647. The lowest BCUT2D eigenvalue weighted by molar-refractivity contribution is 0.185. The molecule has 0 bridgehead atoms. The first-order valence-corrected chi connectivity index (χ1v) is 7.89. The quantitative estimate of drug-likeness (QED) is 0.827. The summed E-state index contributed by atoms with van der Waals surface area (Å²) in [5.74, 6) is 0. The number of ether oxygens (including phenoxy) is 1. The Bertz CT molecular complexity index is 408. The van der Waals surface area contributed by atoms with Crippen molar-refractivity contribution in [2.45, 2.75) is 50.9 Å². The Kier molecular flexibility index (Phi) is 4.71. The van der Waals surface area contributed by atoms with Gasteiger partial charge in [-0.1, -0.05) is 24.3 Å². The van der Waals surface area contributed by atoms with Gasteiger partial charge in [0.2, 0.25) is 0 Å². The highest BCUT2D eigenvalue weighted by atomic mass is 16.5. The van der Waals surface area contributed by atoms with E-state index in [-0.39, 0.29) is 0 Å². The predicted molar refractivity (Wildman–Crippen MR) is 81.6 cm³/mol. The molecule has 3 rings (SSSR count). The second-order valence-corrected chi connectivity index (χ2v) is 6.20. The van der Waals surface area contributed by atoms with Crippen molar-refractivity contribution in [1.82, 2.24) is 10.2 Å². The maximum Gasteiger partial charge on any atom is 0.0713 e. The third kappa shape index (κ3) is 3.81. The minimum absolute atomic E-state index is 0.707. The Balaban J connectivity index is 1.57. The molecule has 3 heteroatoms. The SMILES string of the molecule is COCc1ccc(CN(CC2CCCN2)C2CC2)cc1. The third-order valence-corrected chi connectivity index (χ3v) is 4.40. The fourth-order valence-corrected chi connectivity index (χ4v) is 3.12. The third-order valence-electron chi connectivity index (χ3n) is 4.40. The van der Waals surface area contributed by atoms with Crippen LogP contribution in [0, 0.1) is 0 Å². The van der Waals surface area contributed by atoms with Crippen molar-refractivity contribution in [3.63, 3.8) is 0 Å². The predicted octanol–water partition coefficient (Wildman–Crippen LogP) is 2.55. The highest BCUT2D eigenvalue weighted by Gasteiger charge is 2.31. The van der Waals surface area contributed by atoms with Crippen LogP contribution < -0.4 is 5.32 Å². The van der Waals surface area contributed by atoms with Crippen molar-refractivity contribution in [3.8, 4) is 0 Å². The molecule has 20 heavy (non-hydrogen) atoms. The molecule has 1 heterocycles. The number of rotatable bonds is 7. The molecule has 1 saturated heterocycles. The first-order valence-electron chi connectivity index (χ1n) is 7.89. The van der Waals surface area contributed by atoms with Gasteiger partial charge in [-0.25, -0.2) is 0 Å². The molecule has 1 unspecified atom stereocenters. The highest BCUT2D eigenvalue weighted by Crippen LogP contribution is 2.29. The van der Waals surface area contributed by atoms with Crippen LogP contribution in [0.5, 0.6) is 0 Å². The van der Waals surface area contributed by atoms with Crippen LogP contribution in [0.15, 0.2) is 24.3 Å². The van der Waals surface area contributed by atoms with E-state index in [0.29, 0.717) is 12.6 Å². The molecule has 3 nitrogen and oxygen atoms in total. The van der Waals surface area contributed by atoms with Gasteiger partial charge in [0.15, 0.2) is 0 Å². The maximum atomic E-state index is 5.17. The summed E-state index contributed by atoms with van der Waals surface area (Å²) < 4.78 is 5.17. The summed E-state index contributed by atoms with van der Waals surface area (Å²) in [6.07, 6.45) is 5.45. The molecular weight excluding hydrogens is 248 g/mol. The van der Waals surface area contributed by atoms with Gasteiger partial charge < -0.3 is 10.1 Å². The Morgan fingerprint density at radius 3 is 2.50 bits per heavy atom. The molecule has 1 aliphatic heterocycles. The first kappa shape index (κ1) is 14.1. The van der Waals surface area contributed by atoms with E-state index in [9.17, 15) is 0 Å². The van der Waals surface area contributed by atoms with Crippen molar-refractivity contribution in [3.05, 3.63) is 35.4 Å². The summed E-state index contributed by atoms with van der Waals surface area (Å²) in [6.45, 7) is 4.22. The van der Waals surface area contributed by atoms with E-state index in [0.717, 1.165) is 12.6 Å². The molecule has 0 spiro atoms. The molecule has 110 valence electrons. The molecule has 1 aromatic rings. The van der Waals surface area contributed by atoms with E-state index in [1.54, 1.807) is 7.11 Å². The van der Waals surface area contributed by atoms with E-state index in [1.165, 1.54) is 49.9 Å². The molecule has 1 aromatic carbocycles. The van der Waals surface area contributed by atoms with Crippen LogP contribution >= 0.6 is 0 Å². The lowest BCUT2D eigenvalue weighted by Gasteiger charge is -2.25. The molecule has 0 radical (unpaired) electrons. The van der Waals surface area contributed by atoms with Crippen LogP contribution in [0.3, 0.4) is 0 Å². The minimum Gasteiger partial charge on any atom is -0.380 e. The van der Waals surface area contributed by atoms with Gasteiger partial charge in [0, 0.05) is 32.3 Å². The standard InChI is InChI=1S/C17H26N2O/c1-20-13-15-6-4-14(5-7-15)11-19(17-8-9-17)12-16-3-2-10-18-16/h4-7,16-18H,2-3,8-13H2,1H3. The van der Waals surface area contributed by atoms with Gasteiger partial charge in [-0.2, -0.15) is 0 Å². The minimum atomic E-state index is 0.707. The van der Waals surface area contributed by atoms with Gasteiger partial charge in [0.1, 0.15) is 0 Å². The fourth-order valence-electron chi connectivity index (χ4n) is 3.12. The van der Waals surface area contributed by atoms with Crippen LogP contribution in [-0.4, -0.2) is 37.2 Å². The largest absolute Gasteiger partial charge is 0.380 e. The van der Waals surface area contributed by atoms with E-state index >= 15 is 0 Å². The smallest absolute Gasteiger partial charge is 0.0713 e. The van der Waals surface area contributed by atoms with Crippen LogP contribution in [0.4, 0.5) is 0 Å². The second kappa shape index (κ2) is 6.70. The molecule has 2 fully saturated rings. The average molecular weight is 274 g/mol. The zero-order valence-corrected chi connectivity index (χ0v) is 12.5. The van der Waals surface area contributed by atoms with Crippen molar-refractivity contribution >= 4 is 0 Å². The van der Waals surface area contributed by atoms with Gasteiger partial charge in [-0.05, 0) is 43.4 Å². The van der Waals surface area contributed by atoms with Gasteiger partial charge in [-0.15, -0.1) is 0 Å². The molecule has 1 N–H and O–H groups in total. The Labute approximate surface area is 122 Å². The number of benzene rings is 1. The molecule has 2 aliphatic rings. The molecule has 0 aromatic heterocycles. The van der Waals surface area contributed by atoms with Crippen molar-refractivity contribution in [1.29, 1.82) is 0 Å². The van der Waals surface area contributed by atoms with E-state index in [2.05, 4.69) is 34.5 Å². The molecule has 1 aliphatic carbocycles. The summed E-state index contributed by atoms with van der Waals surface area (Å²) in [6, 6.07) is 10.4. The molecule has 1 saturated carbocycles. The number of nitrogens with zero attached hydrogens (tertiary/aromatic N) is 1. The van der Waals surface area contributed by atoms with E-state index in [1.807, 2.05) is 0 Å². The Morgan fingerprint density at radius 1 is 1.15 bits per heavy atom. The number of methoxy groups -OCH3 is 1. The van der Waals surface area contributed by atoms with Crippen molar-refractivity contribution in [2.75, 3.05) is 20.2 Å². The van der Waals surface area contributed by atoms with Gasteiger partial charge in [0.05, 0.1) is 6.61 Å². The average Bonchev–Trinajstić information content (AvgIpc) is 3.19. The lowest BCUT2D eigenvalue weighted by atomic mass is 10.1. The normalized spacial score (nSPS) is 22.6. The van der Waals surface area contributed by atoms with Crippen LogP contribution in [0.2, 0.25) is 0 Å². The molecular formula is C17H26N2O. The first-order chi connectivity index (χ1) is 9.85. The van der Waals surface area contributed by atoms with Crippen LogP contribution in [0.1, 0.15) is 36.8 Å². The van der Waals surface area contributed by atoms with Crippen LogP contribution in [0.25, 0.3) is 0 Å². The summed E-state index contributed by atoms with van der Waals surface area (Å²) in [4.78, 5) is 2.67. The second-order valence-electron chi connectivity index (χ2n) is 6.20. The summed E-state index contributed by atoms with van der Waals surface area (Å²) in [5, 5.41) is 3.62. The van der Waals surface area contributed by atoms with Crippen molar-refractivity contribution in [2.24, 2.45) is 0 Å². The van der Waals surface area contributed by atoms with Crippen LogP contribution in [-0.2, 0) is 17.9 Å². The van der Waals surface area contributed by atoms with Gasteiger partial charge in [-0.3, -0.25) is 4.90 Å². The summed E-state index contributed by atoms with van der Waals surface area (Å²) in [5.41, 5.74) is 2.68.